The van der Waals surface area contributed by atoms with Crippen molar-refractivity contribution in [3.8, 4) is 0 Å². The molecule has 2 fully saturated rings. The van der Waals surface area contributed by atoms with Crippen LogP contribution >= 0.6 is 0 Å². The summed E-state index contributed by atoms with van der Waals surface area (Å²) >= 11 is 0. The Bertz CT molecular complexity index is 682. The highest BCUT2D eigenvalue weighted by Crippen LogP contribution is 2.48. The smallest absolute Gasteiger partial charge is 0.203 e. The van der Waals surface area contributed by atoms with Crippen molar-refractivity contribution in [1.29, 1.82) is 0 Å². The number of para-hydroxylation sites is 2. The zero-order valence-corrected chi connectivity index (χ0v) is 12.8. The number of rotatable bonds is 4. The normalized spacial score (nSPS) is 33.7. The average molecular weight is 301 g/mol. The standard InChI is InChI=1S/C17H23N3O2/c1-2-20-14-6-4-3-5-13(14)19-17(20)18-9-11-7-10-8-12(11)16(22)15(10)21/h3-6,10-12,15-16,21-22H,2,7-9H2,1H3,(H,18,19)/t10-,11-,12-,15+,16-/m0/s1. The first-order valence-corrected chi connectivity index (χ1v) is 8.24. The molecule has 3 N–H and O–H groups in total. The summed E-state index contributed by atoms with van der Waals surface area (Å²) < 4.78 is 2.19. The second-order valence-electron chi connectivity index (χ2n) is 6.69. The van der Waals surface area contributed by atoms with Crippen LogP contribution in [-0.2, 0) is 6.54 Å². The summed E-state index contributed by atoms with van der Waals surface area (Å²) in [6.45, 7) is 3.81. The Morgan fingerprint density at radius 3 is 2.77 bits per heavy atom. The fraction of sp³-hybridized carbons (Fsp3) is 0.588. The first kappa shape index (κ1) is 14.0. The van der Waals surface area contributed by atoms with Crippen molar-refractivity contribution < 1.29 is 10.2 Å². The summed E-state index contributed by atoms with van der Waals surface area (Å²) in [6.07, 6.45) is 0.901. The maximum absolute atomic E-state index is 10.1. The van der Waals surface area contributed by atoms with Crippen molar-refractivity contribution in [3.63, 3.8) is 0 Å². The van der Waals surface area contributed by atoms with Gasteiger partial charge in [-0.15, -0.1) is 0 Å². The number of hydrogen-bond donors (Lipinski definition) is 3. The van der Waals surface area contributed by atoms with E-state index in [1.54, 1.807) is 0 Å². The molecule has 4 rings (SSSR count). The summed E-state index contributed by atoms with van der Waals surface area (Å²) in [4.78, 5) is 4.68. The second kappa shape index (κ2) is 5.25. The molecule has 2 aliphatic carbocycles. The average Bonchev–Trinajstić information content (AvgIpc) is 3.18. The maximum atomic E-state index is 10.1. The van der Waals surface area contributed by atoms with Crippen LogP contribution in [0.3, 0.4) is 0 Å². The molecule has 0 amide bonds. The Balaban J connectivity index is 1.51. The van der Waals surface area contributed by atoms with Crippen LogP contribution in [0.4, 0.5) is 5.95 Å². The number of nitrogens with one attached hydrogen (secondary N) is 1. The fourth-order valence-electron chi connectivity index (χ4n) is 4.42. The minimum Gasteiger partial charge on any atom is -0.390 e. The Morgan fingerprint density at radius 2 is 2.05 bits per heavy atom. The first-order valence-electron chi connectivity index (χ1n) is 8.24. The van der Waals surface area contributed by atoms with Crippen LogP contribution in [0.2, 0.25) is 0 Å². The lowest BCUT2D eigenvalue weighted by Gasteiger charge is -2.29. The maximum Gasteiger partial charge on any atom is 0.203 e. The van der Waals surface area contributed by atoms with Crippen LogP contribution in [0.1, 0.15) is 19.8 Å². The quantitative estimate of drug-likeness (QED) is 0.806. The highest BCUT2D eigenvalue weighted by molar-refractivity contribution is 5.78. The summed E-state index contributed by atoms with van der Waals surface area (Å²) in [5.41, 5.74) is 2.16. The number of hydrogen-bond acceptors (Lipinski definition) is 4. The number of anilines is 1. The molecule has 2 aliphatic rings. The van der Waals surface area contributed by atoms with Gasteiger partial charge >= 0.3 is 0 Å². The van der Waals surface area contributed by atoms with E-state index in [2.05, 4.69) is 27.9 Å². The van der Waals surface area contributed by atoms with E-state index in [-0.39, 0.29) is 11.8 Å². The SMILES string of the molecule is CCn1c(NC[C@@H]2C[C@H]3C[C@@H]2[C@H](O)[C@@H]3O)nc2ccccc21. The number of aliphatic hydroxyl groups excluding tert-OH is 2. The first-order chi connectivity index (χ1) is 10.7. The number of aromatic nitrogens is 2. The molecule has 5 nitrogen and oxygen atoms in total. The van der Waals surface area contributed by atoms with Gasteiger partial charge in [-0.05, 0) is 49.7 Å². The zero-order valence-electron chi connectivity index (χ0n) is 12.8. The largest absolute Gasteiger partial charge is 0.390 e. The van der Waals surface area contributed by atoms with E-state index in [4.69, 9.17) is 0 Å². The summed E-state index contributed by atoms with van der Waals surface area (Å²) in [6, 6.07) is 8.17. The monoisotopic (exact) mass is 301 g/mol. The summed E-state index contributed by atoms with van der Waals surface area (Å²) in [5.74, 6) is 1.83. The van der Waals surface area contributed by atoms with Gasteiger partial charge in [-0.25, -0.2) is 4.98 Å². The molecule has 0 unspecified atom stereocenters. The predicted molar refractivity (Wildman–Crippen MR) is 85.6 cm³/mol. The molecule has 1 aromatic carbocycles. The third kappa shape index (κ3) is 2.03. The van der Waals surface area contributed by atoms with Crippen molar-refractivity contribution >= 4 is 17.0 Å². The molecule has 0 saturated heterocycles. The van der Waals surface area contributed by atoms with E-state index in [1.807, 2.05) is 18.2 Å². The van der Waals surface area contributed by atoms with Crippen LogP contribution in [-0.4, -0.2) is 38.5 Å². The Kier molecular flexibility index (Phi) is 3.35. The Hall–Kier alpha value is -1.59. The molecule has 22 heavy (non-hydrogen) atoms. The molecule has 0 spiro atoms. The van der Waals surface area contributed by atoms with Gasteiger partial charge < -0.3 is 20.1 Å². The van der Waals surface area contributed by atoms with E-state index in [1.165, 1.54) is 0 Å². The van der Waals surface area contributed by atoms with Crippen molar-refractivity contribution in [2.45, 2.75) is 38.5 Å². The fourth-order valence-corrected chi connectivity index (χ4v) is 4.42. The van der Waals surface area contributed by atoms with Gasteiger partial charge in [-0.3, -0.25) is 0 Å². The van der Waals surface area contributed by atoms with Crippen molar-refractivity contribution in [2.24, 2.45) is 17.8 Å². The lowest BCUT2D eigenvalue weighted by Crippen LogP contribution is -2.38. The van der Waals surface area contributed by atoms with Crippen LogP contribution in [0.5, 0.6) is 0 Å². The van der Waals surface area contributed by atoms with Crippen LogP contribution in [0.15, 0.2) is 24.3 Å². The molecule has 1 heterocycles. The predicted octanol–water partition coefficient (Wildman–Crippen LogP) is 1.85. The van der Waals surface area contributed by atoms with Gasteiger partial charge in [0, 0.05) is 13.1 Å². The van der Waals surface area contributed by atoms with Crippen LogP contribution < -0.4 is 5.32 Å². The lowest BCUT2D eigenvalue weighted by molar-refractivity contribution is -0.0317. The summed E-state index contributed by atoms with van der Waals surface area (Å²) in [5, 5.41) is 23.4. The molecule has 2 saturated carbocycles. The third-order valence-corrected chi connectivity index (χ3v) is 5.55. The third-order valence-electron chi connectivity index (χ3n) is 5.55. The van der Waals surface area contributed by atoms with Crippen molar-refractivity contribution in [1.82, 2.24) is 9.55 Å². The highest BCUT2D eigenvalue weighted by Gasteiger charge is 2.51. The number of aliphatic hydroxyl groups is 2. The summed E-state index contributed by atoms with van der Waals surface area (Å²) in [7, 11) is 0. The number of aryl methyl sites for hydroxylation is 1. The van der Waals surface area contributed by atoms with Gasteiger partial charge in [0.2, 0.25) is 5.95 Å². The van der Waals surface area contributed by atoms with Crippen LogP contribution in [0, 0.1) is 17.8 Å². The molecule has 0 aliphatic heterocycles. The topological polar surface area (TPSA) is 70.3 Å². The number of nitrogens with zero attached hydrogens (tertiary/aromatic N) is 2. The van der Waals surface area contributed by atoms with E-state index in [0.29, 0.717) is 5.92 Å². The van der Waals surface area contributed by atoms with Crippen LogP contribution in [0.25, 0.3) is 11.0 Å². The van der Waals surface area contributed by atoms with Gasteiger partial charge in [-0.1, -0.05) is 12.1 Å². The molecule has 5 atom stereocenters. The minimum atomic E-state index is -0.546. The molecule has 2 bridgehead atoms. The molecule has 118 valence electrons. The molecule has 1 aromatic heterocycles. The molecule has 2 aromatic rings. The van der Waals surface area contributed by atoms with Gasteiger partial charge in [-0.2, -0.15) is 0 Å². The minimum absolute atomic E-state index is 0.229. The highest BCUT2D eigenvalue weighted by atomic mass is 16.3. The molecular formula is C17H23N3O2. The van der Waals surface area contributed by atoms with Gasteiger partial charge in [0.1, 0.15) is 0 Å². The van der Waals surface area contributed by atoms with Gasteiger partial charge in [0.05, 0.1) is 23.2 Å². The van der Waals surface area contributed by atoms with Crippen molar-refractivity contribution in [2.75, 3.05) is 11.9 Å². The van der Waals surface area contributed by atoms with E-state index >= 15 is 0 Å². The van der Waals surface area contributed by atoms with Gasteiger partial charge in [0.15, 0.2) is 0 Å². The number of benzene rings is 1. The van der Waals surface area contributed by atoms with E-state index in [9.17, 15) is 10.2 Å². The van der Waals surface area contributed by atoms with Crippen molar-refractivity contribution in [3.05, 3.63) is 24.3 Å². The molecular weight excluding hydrogens is 278 g/mol. The number of imidazole rings is 1. The Labute approximate surface area is 130 Å². The molecule has 5 heteroatoms. The second-order valence-corrected chi connectivity index (χ2v) is 6.69. The zero-order chi connectivity index (χ0) is 15.3. The van der Waals surface area contributed by atoms with Gasteiger partial charge in [0.25, 0.3) is 0 Å². The number of fused-ring (bicyclic) bond motifs is 3. The van der Waals surface area contributed by atoms with E-state index < -0.39 is 12.2 Å². The lowest BCUT2D eigenvalue weighted by atomic mass is 9.85. The van der Waals surface area contributed by atoms with E-state index in [0.717, 1.165) is 42.9 Å². The Morgan fingerprint density at radius 1 is 1.23 bits per heavy atom. The molecule has 0 radical (unpaired) electrons.